The van der Waals surface area contributed by atoms with Gasteiger partial charge in [-0.2, -0.15) is 4.31 Å². The number of nitrogens with zero attached hydrogens (tertiary/aromatic N) is 1. The average molecular weight is 304 g/mol. The molecule has 0 amide bonds. The van der Waals surface area contributed by atoms with Crippen molar-refractivity contribution >= 4 is 21.4 Å². The van der Waals surface area contributed by atoms with Gasteiger partial charge in [-0.15, -0.1) is 11.3 Å². The van der Waals surface area contributed by atoms with Crippen molar-refractivity contribution in [2.24, 2.45) is 0 Å². The Morgan fingerprint density at radius 2 is 2.37 bits per heavy atom. The summed E-state index contributed by atoms with van der Waals surface area (Å²) in [5.74, 6) is 0. The molecule has 1 unspecified atom stereocenters. The molecule has 1 atom stereocenters. The van der Waals surface area contributed by atoms with Crippen LogP contribution in [-0.2, 0) is 21.3 Å². The smallest absolute Gasteiger partial charge is 0.252 e. The van der Waals surface area contributed by atoms with E-state index in [0.717, 1.165) is 12.0 Å². The molecule has 0 aliphatic carbocycles. The largest absolute Gasteiger partial charge is 0.375 e. The Kier molecular flexibility index (Phi) is 4.97. The Balaban J connectivity index is 2.16. The molecule has 0 radical (unpaired) electrons. The molecule has 1 aromatic heterocycles. The number of ether oxygens (including phenoxy) is 1. The number of rotatable bonds is 5. The van der Waals surface area contributed by atoms with Gasteiger partial charge in [-0.25, -0.2) is 8.42 Å². The molecule has 7 heteroatoms. The average Bonchev–Trinajstić information content (AvgIpc) is 2.88. The summed E-state index contributed by atoms with van der Waals surface area (Å²) >= 11 is 1.29. The lowest BCUT2D eigenvalue weighted by Gasteiger charge is -2.31. The van der Waals surface area contributed by atoms with Gasteiger partial charge >= 0.3 is 0 Å². The van der Waals surface area contributed by atoms with Gasteiger partial charge in [0, 0.05) is 19.6 Å². The molecule has 0 saturated carbocycles. The first kappa shape index (κ1) is 14.9. The van der Waals surface area contributed by atoms with Crippen LogP contribution < -0.4 is 5.32 Å². The highest BCUT2D eigenvalue weighted by molar-refractivity contribution is 7.91. The van der Waals surface area contributed by atoms with Crippen molar-refractivity contribution in [3.8, 4) is 0 Å². The van der Waals surface area contributed by atoms with E-state index in [2.05, 4.69) is 5.32 Å². The predicted molar refractivity (Wildman–Crippen MR) is 75.9 cm³/mol. The third-order valence-corrected chi connectivity index (χ3v) is 6.49. The maximum atomic E-state index is 12.5. The molecule has 2 rings (SSSR count). The van der Waals surface area contributed by atoms with E-state index < -0.39 is 10.0 Å². The van der Waals surface area contributed by atoms with E-state index in [-0.39, 0.29) is 6.10 Å². The quantitative estimate of drug-likeness (QED) is 0.890. The minimum atomic E-state index is -3.36. The van der Waals surface area contributed by atoms with Gasteiger partial charge in [0.25, 0.3) is 10.0 Å². The molecule has 0 aromatic carbocycles. The first-order chi connectivity index (χ1) is 9.07. The Morgan fingerprint density at radius 3 is 3.05 bits per heavy atom. The van der Waals surface area contributed by atoms with Crippen molar-refractivity contribution in [2.75, 3.05) is 26.7 Å². The predicted octanol–water partition coefficient (Wildman–Crippen LogP) is 1.27. The standard InChI is InChI=1S/C12H20N2O3S2/c1-3-11-8-14(4-5-17-11)19(15,16)12-6-10(7-13-2)9-18-12/h6,9,11,13H,3-5,7-8H2,1-2H3. The summed E-state index contributed by atoms with van der Waals surface area (Å²) in [6.45, 7) is 4.08. The zero-order chi connectivity index (χ0) is 13.9. The van der Waals surface area contributed by atoms with E-state index >= 15 is 0 Å². The van der Waals surface area contributed by atoms with Crippen LogP contribution in [0.4, 0.5) is 0 Å². The van der Waals surface area contributed by atoms with Crippen LogP contribution >= 0.6 is 11.3 Å². The monoisotopic (exact) mass is 304 g/mol. The summed E-state index contributed by atoms with van der Waals surface area (Å²) in [7, 11) is -1.51. The highest BCUT2D eigenvalue weighted by Gasteiger charge is 2.31. The SMILES string of the molecule is CCC1CN(S(=O)(=O)c2cc(CNC)cs2)CCO1. The highest BCUT2D eigenvalue weighted by atomic mass is 32.2. The summed E-state index contributed by atoms with van der Waals surface area (Å²) in [5.41, 5.74) is 1.01. The molecule has 1 aliphatic rings. The molecule has 0 spiro atoms. The van der Waals surface area contributed by atoms with Crippen molar-refractivity contribution in [3.63, 3.8) is 0 Å². The number of hydrogen-bond acceptors (Lipinski definition) is 5. The van der Waals surface area contributed by atoms with Gasteiger partial charge in [-0.3, -0.25) is 0 Å². The summed E-state index contributed by atoms with van der Waals surface area (Å²) in [5, 5.41) is 4.91. The number of nitrogens with one attached hydrogen (secondary N) is 1. The normalized spacial score (nSPS) is 21.7. The Labute approximate surface area is 118 Å². The van der Waals surface area contributed by atoms with Gasteiger partial charge in [0.15, 0.2) is 0 Å². The van der Waals surface area contributed by atoms with Crippen molar-refractivity contribution in [1.29, 1.82) is 0 Å². The van der Waals surface area contributed by atoms with Gasteiger partial charge in [0.2, 0.25) is 0 Å². The van der Waals surface area contributed by atoms with E-state index in [1.807, 2.05) is 19.4 Å². The molecule has 5 nitrogen and oxygen atoms in total. The molecule has 108 valence electrons. The first-order valence-corrected chi connectivity index (χ1v) is 8.73. The molecule has 19 heavy (non-hydrogen) atoms. The van der Waals surface area contributed by atoms with Crippen LogP contribution in [0.5, 0.6) is 0 Å². The van der Waals surface area contributed by atoms with Gasteiger partial charge in [-0.1, -0.05) is 6.92 Å². The van der Waals surface area contributed by atoms with Gasteiger partial charge in [0.05, 0.1) is 12.7 Å². The van der Waals surface area contributed by atoms with Crippen molar-refractivity contribution in [1.82, 2.24) is 9.62 Å². The third kappa shape index (κ3) is 3.35. The summed E-state index contributed by atoms with van der Waals surface area (Å²) in [6.07, 6.45) is 0.849. The van der Waals surface area contributed by atoms with Gasteiger partial charge < -0.3 is 10.1 Å². The molecule has 1 aromatic rings. The van der Waals surface area contributed by atoms with Crippen LogP contribution in [-0.4, -0.2) is 45.6 Å². The van der Waals surface area contributed by atoms with Crippen molar-refractivity contribution in [3.05, 3.63) is 17.0 Å². The van der Waals surface area contributed by atoms with Crippen LogP contribution in [0.1, 0.15) is 18.9 Å². The second kappa shape index (κ2) is 6.32. The van der Waals surface area contributed by atoms with E-state index in [9.17, 15) is 8.42 Å². The lowest BCUT2D eigenvalue weighted by atomic mass is 10.2. The summed E-state index contributed by atoms with van der Waals surface area (Å²) in [6, 6.07) is 1.76. The number of morpholine rings is 1. The Morgan fingerprint density at radius 1 is 1.58 bits per heavy atom. The van der Waals surface area contributed by atoms with E-state index in [1.165, 1.54) is 11.3 Å². The molecule has 1 aliphatic heterocycles. The molecule has 0 bridgehead atoms. The maximum absolute atomic E-state index is 12.5. The van der Waals surface area contributed by atoms with Crippen molar-refractivity contribution < 1.29 is 13.2 Å². The van der Waals surface area contributed by atoms with Gasteiger partial charge in [0.1, 0.15) is 4.21 Å². The Hall–Kier alpha value is -0.470. The maximum Gasteiger partial charge on any atom is 0.252 e. The highest BCUT2D eigenvalue weighted by Crippen LogP contribution is 2.25. The second-order valence-corrected chi connectivity index (χ2v) is 7.64. The lowest BCUT2D eigenvalue weighted by molar-refractivity contribution is -0.00272. The van der Waals surface area contributed by atoms with E-state index in [4.69, 9.17) is 4.74 Å². The fourth-order valence-electron chi connectivity index (χ4n) is 2.07. The Bertz CT molecular complexity index is 513. The molecular formula is C12H20N2O3S2. The van der Waals surface area contributed by atoms with Crippen molar-refractivity contribution in [2.45, 2.75) is 30.2 Å². The molecular weight excluding hydrogens is 284 g/mol. The van der Waals surface area contributed by atoms with E-state index in [0.29, 0.717) is 30.5 Å². The van der Waals surface area contributed by atoms with Crippen LogP contribution in [0.25, 0.3) is 0 Å². The lowest BCUT2D eigenvalue weighted by Crippen LogP contribution is -2.45. The van der Waals surface area contributed by atoms with Crippen LogP contribution in [0.2, 0.25) is 0 Å². The minimum Gasteiger partial charge on any atom is -0.375 e. The van der Waals surface area contributed by atoms with E-state index in [1.54, 1.807) is 10.4 Å². The zero-order valence-electron chi connectivity index (χ0n) is 11.3. The summed E-state index contributed by atoms with van der Waals surface area (Å²) in [4.78, 5) is 0. The molecule has 2 heterocycles. The van der Waals surface area contributed by atoms with Gasteiger partial charge in [-0.05, 0) is 30.5 Å². The summed E-state index contributed by atoms with van der Waals surface area (Å²) < 4.78 is 32.5. The number of sulfonamides is 1. The minimum absolute atomic E-state index is 0.0141. The second-order valence-electron chi connectivity index (χ2n) is 4.57. The van der Waals surface area contributed by atoms with Crippen LogP contribution in [0.3, 0.4) is 0 Å². The fourth-order valence-corrected chi connectivity index (χ4v) is 4.89. The van der Waals surface area contributed by atoms with Crippen LogP contribution in [0, 0.1) is 0 Å². The van der Waals surface area contributed by atoms with Crippen LogP contribution in [0.15, 0.2) is 15.7 Å². The first-order valence-electron chi connectivity index (χ1n) is 6.41. The zero-order valence-corrected chi connectivity index (χ0v) is 12.9. The third-order valence-electron chi connectivity index (χ3n) is 3.16. The molecule has 1 N–H and O–H groups in total. The molecule has 1 saturated heterocycles. The number of hydrogen-bond donors (Lipinski definition) is 1. The fraction of sp³-hybridized carbons (Fsp3) is 0.667. The topological polar surface area (TPSA) is 58.6 Å². The molecule has 1 fully saturated rings. The number of thiophene rings is 1.